The molecule has 0 aliphatic rings. The first-order chi connectivity index (χ1) is 6.81. The molecule has 1 atom stereocenters. The summed E-state index contributed by atoms with van der Waals surface area (Å²) in [5, 5.41) is 6.26. The van der Waals surface area contributed by atoms with Crippen LogP contribution in [0.15, 0.2) is 0 Å². The number of hydrogen-bond donors (Lipinski definition) is 2. The molecule has 0 bridgehead atoms. The highest BCUT2D eigenvalue weighted by molar-refractivity contribution is 5.81. The standard InChI is InChI=1S/C12H26N2O/c1-7-13-11(15)12(5,6)8-14-10(4)9(2)3/h9-10,14H,7-8H2,1-6H3,(H,13,15). The van der Waals surface area contributed by atoms with Crippen molar-refractivity contribution in [2.45, 2.75) is 47.6 Å². The van der Waals surface area contributed by atoms with Crippen LogP contribution in [0.4, 0.5) is 0 Å². The van der Waals surface area contributed by atoms with Crippen molar-refractivity contribution in [2.24, 2.45) is 11.3 Å². The van der Waals surface area contributed by atoms with Crippen molar-refractivity contribution in [2.75, 3.05) is 13.1 Å². The van der Waals surface area contributed by atoms with Crippen LogP contribution in [-0.2, 0) is 4.79 Å². The number of carbonyl (C=O) groups excluding carboxylic acids is 1. The van der Waals surface area contributed by atoms with Crippen LogP contribution in [0.5, 0.6) is 0 Å². The Labute approximate surface area is 94.0 Å². The van der Waals surface area contributed by atoms with Gasteiger partial charge in [0.2, 0.25) is 5.91 Å². The smallest absolute Gasteiger partial charge is 0.226 e. The second-order valence-electron chi connectivity index (χ2n) is 5.16. The molecule has 0 aliphatic carbocycles. The Kier molecular flexibility index (Phi) is 5.88. The first-order valence-corrected chi connectivity index (χ1v) is 5.83. The van der Waals surface area contributed by atoms with Crippen molar-refractivity contribution in [1.82, 2.24) is 10.6 Å². The third-order valence-electron chi connectivity index (χ3n) is 2.82. The molecule has 0 radical (unpaired) electrons. The molecule has 1 unspecified atom stereocenters. The molecule has 0 fully saturated rings. The lowest BCUT2D eigenvalue weighted by molar-refractivity contribution is -0.129. The summed E-state index contributed by atoms with van der Waals surface area (Å²) in [6.45, 7) is 13.8. The topological polar surface area (TPSA) is 41.1 Å². The summed E-state index contributed by atoms with van der Waals surface area (Å²) in [5.74, 6) is 0.712. The number of hydrogen-bond acceptors (Lipinski definition) is 2. The molecule has 90 valence electrons. The Morgan fingerprint density at radius 3 is 2.20 bits per heavy atom. The highest BCUT2D eigenvalue weighted by atomic mass is 16.2. The maximum Gasteiger partial charge on any atom is 0.226 e. The fourth-order valence-electron chi connectivity index (χ4n) is 1.13. The van der Waals surface area contributed by atoms with Crippen LogP contribution in [0.3, 0.4) is 0 Å². The monoisotopic (exact) mass is 214 g/mol. The van der Waals surface area contributed by atoms with E-state index in [9.17, 15) is 4.79 Å². The van der Waals surface area contributed by atoms with Crippen LogP contribution < -0.4 is 10.6 Å². The summed E-state index contributed by atoms with van der Waals surface area (Å²) in [7, 11) is 0. The summed E-state index contributed by atoms with van der Waals surface area (Å²) in [6.07, 6.45) is 0. The molecule has 0 rings (SSSR count). The minimum Gasteiger partial charge on any atom is -0.356 e. The average molecular weight is 214 g/mol. The highest BCUT2D eigenvalue weighted by Gasteiger charge is 2.27. The van der Waals surface area contributed by atoms with Crippen molar-refractivity contribution in [3.05, 3.63) is 0 Å². The lowest BCUT2D eigenvalue weighted by atomic mass is 9.91. The molecule has 0 saturated carbocycles. The fraction of sp³-hybridized carbons (Fsp3) is 0.917. The van der Waals surface area contributed by atoms with Crippen molar-refractivity contribution < 1.29 is 4.79 Å². The predicted octanol–water partition coefficient (Wildman–Crippen LogP) is 1.78. The van der Waals surface area contributed by atoms with Crippen LogP contribution in [-0.4, -0.2) is 25.0 Å². The number of amides is 1. The Bertz CT molecular complexity index is 200. The molecule has 0 aromatic rings. The van der Waals surface area contributed by atoms with Crippen LogP contribution in [0.1, 0.15) is 41.5 Å². The average Bonchev–Trinajstić information content (AvgIpc) is 2.14. The SMILES string of the molecule is CCNC(=O)C(C)(C)CNC(C)C(C)C. The molecule has 3 heteroatoms. The number of rotatable bonds is 6. The lowest BCUT2D eigenvalue weighted by Gasteiger charge is -2.27. The molecule has 0 spiro atoms. The van der Waals surface area contributed by atoms with Crippen LogP contribution in [0.25, 0.3) is 0 Å². The molecular formula is C12H26N2O. The van der Waals surface area contributed by atoms with Crippen LogP contribution in [0.2, 0.25) is 0 Å². The van der Waals surface area contributed by atoms with Gasteiger partial charge in [-0.15, -0.1) is 0 Å². The van der Waals surface area contributed by atoms with Crippen molar-refractivity contribution in [3.8, 4) is 0 Å². The van der Waals surface area contributed by atoms with Crippen LogP contribution in [0, 0.1) is 11.3 Å². The largest absolute Gasteiger partial charge is 0.356 e. The number of carbonyl (C=O) groups is 1. The molecule has 0 aromatic heterocycles. The highest BCUT2D eigenvalue weighted by Crippen LogP contribution is 2.14. The number of nitrogens with one attached hydrogen (secondary N) is 2. The molecule has 0 aromatic carbocycles. The summed E-state index contributed by atoms with van der Waals surface area (Å²) < 4.78 is 0. The summed E-state index contributed by atoms with van der Waals surface area (Å²) in [6, 6.07) is 0.443. The van der Waals surface area contributed by atoms with E-state index in [1.807, 2.05) is 20.8 Å². The second kappa shape index (κ2) is 6.11. The van der Waals surface area contributed by atoms with E-state index < -0.39 is 0 Å². The van der Waals surface area contributed by atoms with Gasteiger partial charge in [0.15, 0.2) is 0 Å². The van der Waals surface area contributed by atoms with Crippen LogP contribution >= 0.6 is 0 Å². The van der Waals surface area contributed by atoms with E-state index in [1.54, 1.807) is 0 Å². The minimum absolute atomic E-state index is 0.119. The van der Waals surface area contributed by atoms with Gasteiger partial charge in [0, 0.05) is 19.1 Å². The van der Waals surface area contributed by atoms with Crippen molar-refractivity contribution >= 4 is 5.91 Å². The maximum atomic E-state index is 11.7. The maximum absolute atomic E-state index is 11.7. The molecular weight excluding hydrogens is 188 g/mol. The van der Waals surface area contributed by atoms with Gasteiger partial charge in [0.1, 0.15) is 0 Å². The molecule has 0 aliphatic heterocycles. The summed E-state index contributed by atoms with van der Waals surface area (Å²) >= 11 is 0. The Morgan fingerprint density at radius 2 is 1.80 bits per heavy atom. The van der Waals surface area contributed by atoms with Crippen molar-refractivity contribution in [3.63, 3.8) is 0 Å². The van der Waals surface area contributed by atoms with Gasteiger partial charge in [-0.25, -0.2) is 0 Å². The molecule has 3 nitrogen and oxygen atoms in total. The summed E-state index contributed by atoms with van der Waals surface area (Å²) in [5.41, 5.74) is -0.334. The predicted molar refractivity (Wildman–Crippen MR) is 64.8 cm³/mol. The normalized spacial score (nSPS) is 14.1. The third kappa shape index (κ3) is 5.17. The zero-order chi connectivity index (χ0) is 12.1. The van der Waals surface area contributed by atoms with E-state index in [0.717, 1.165) is 6.54 Å². The van der Waals surface area contributed by atoms with E-state index in [2.05, 4.69) is 31.4 Å². The molecule has 1 amide bonds. The van der Waals surface area contributed by atoms with E-state index in [-0.39, 0.29) is 11.3 Å². The van der Waals surface area contributed by atoms with E-state index in [0.29, 0.717) is 18.5 Å². The lowest BCUT2D eigenvalue weighted by Crippen LogP contribution is -2.46. The fourth-order valence-corrected chi connectivity index (χ4v) is 1.13. The Hall–Kier alpha value is -0.570. The van der Waals surface area contributed by atoms with Crippen molar-refractivity contribution in [1.29, 1.82) is 0 Å². The second-order valence-corrected chi connectivity index (χ2v) is 5.16. The van der Waals surface area contributed by atoms with E-state index >= 15 is 0 Å². The van der Waals surface area contributed by atoms with Gasteiger partial charge in [-0.3, -0.25) is 4.79 Å². The van der Waals surface area contributed by atoms with Gasteiger partial charge >= 0.3 is 0 Å². The molecule has 15 heavy (non-hydrogen) atoms. The van der Waals surface area contributed by atoms with E-state index in [4.69, 9.17) is 0 Å². The Balaban J connectivity index is 4.08. The zero-order valence-electron chi connectivity index (χ0n) is 11.0. The van der Waals surface area contributed by atoms with E-state index in [1.165, 1.54) is 0 Å². The van der Waals surface area contributed by atoms with Gasteiger partial charge in [0.25, 0.3) is 0 Å². The first-order valence-electron chi connectivity index (χ1n) is 5.83. The minimum atomic E-state index is -0.334. The zero-order valence-corrected chi connectivity index (χ0v) is 11.0. The summed E-state index contributed by atoms with van der Waals surface area (Å²) in [4.78, 5) is 11.7. The van der Waals surface area contributed by atoms with Gasteiger partial charge in [-0.1, -0.05) is 13.8 Å². The van der Waals surface area contributed by atoms with Gasteiger partial charge in [-0.05, 0) is 33.6 Å². The Morgan fingerprint density at radius 1 is 1.27 bits per heavy atom. The molecule has 2 N–H and O–H groups in total. The van der Waals surface area contributed by atoms with Gasteiger partial charge < -0.3 is 10.6 Å². The molecule has 0 heterocycles. The van der Waals surface area contributed by atoms with Gasteiger partial charge in [-0.2, -0.15) is 0 Å². The van der Waals surface area contributed by atoms with Gasteiger partial charge in [0.05, 0.1) is 5.41 Å². The third-order valence-corrected chi connectivity index (χ3v) is 2.82. The first kappa shape index (κ1) is 14.4. The quantitative estimate of drug-likeness (QED) is 0.707. The molecule has 0 saturated heterocycles.